The number of nitrogens with zero attached hydrogens (tertiary/aromatic N) is 1. The van der Waals surface area contributed by atoms with E-state index in [-0.39, 0.29) is 17.9 Å². The van der Waals surface area contributed by atoms with Gasteiger partial charge >= 0.3 is 0 Å². The van der Waals surface area contributed by atoms with Gasteiger partial charge in [-0.05, 0) is 42.9 Å². The maximum Gasteiger partial charge on any atom is 0.257 e. The quantitative estimate of drug-likeness (QED) is 0.823. The minimum atomic E-state index is -0.255. The van der Waals surface area contributed by atoms with Crippen molar-refractivity contribution in [1.29, 1.82) is 0 Å². The number of hydrogen-bond donors (Lipinski definition) is 2. The molecule has 1 aliphatic rings. The number of anilines is 1. The number of carbonyl (C=O) groups is 2. The van der Waals surface area contributed by atoms with Crippen molar-refractivity contribution in [3.63, 3.8) is 0 Å². The molecule has 0 spiro atoms. The van der Waals surface area contributed by atoms with Crippen LogP contribution >= 0.6 is 0 Å². The summed E-state index contributed by atoms with van der Waals surface area (Å²) in [6, 6.07) is 7.84. The first-order valence-corrected chi connectivity index (χ1v) is 9.62. The monoisotopic (exact) mass is 365 g/mol. The molecule has 3 rings (SSSR count). The van der Waals surface area contributed by atoms with Crippen LogP contribution < -0.4 is 10.6 Å². The maximum atomic E-state index is 12.8. The second kappa shape index (κ2) is 8.33. The number of nitrogens with one attached hydrogen (secondary N) is 2. The van der Waals surface area contributed by atoms with Crippen LogP contribution in [-0.2, 0) is 0 Å². The smallest absolute Gasteiger partial charge is 0.257 e. The van der Waals surface area contributed by atoms with Crippen molar-refractivity contribution in [3.8, 4) is 0 Å². The van der Waals surface area contributed by atoms with Gasteiger partial charge in [0.15, 0.2) is 0 Å². The van der Waals surface area contributed by atoms with Gasteiger partial charge < -0.3 is 10.6 Å². The Kier molecular flexibility index (Phi) is 5.89. The van der Waals surface area contributed by atoms with Gasteiger partial charge in [-0.25, -0.2) is 0 Å². The molecule has 0 radical (unpaired) electrons. The van der Waals surface area contributed by atoms with Crippen LogP contribution in [0.3, 0.4) is 0 Å². The van der Waals surface area contributed by atoms with Crippen molar-refractivity contribution >= 4 is 17.5 Å². The summed E-state index contributed by atoms with van der Waals surface area (Å²) < 4.78 is 0. The van der Waals surface area contributed by atoms with Crippen molar-refractivity contribution in [2.24, 2.45) is 0 Å². The lowest BCUT2D eigenvalue weighted by Crippen LogP contribution is -2.32. The summed E-state index contributed by atoms with van der Waals surface area (Å²) in [6.45, 7) is 6.17. The zero-order chi connectivity index (χ0) is 19.4. The lowest BCUT2D eigenvalue weighted by molar-refractivity contribution is 0.0937. The second-order valence-electron chi connectivity index (χ2n) is 7.57. The molecule has 2 aromatic rings. The van der Waals surface area contributed by atoms with Crippen molar-refractivity contribution in [2.45, 2.75) is 58.4 Å². The molecule has 1 aliphatic carbocycles. The summed E-state index contributed by atoms with van der Waals surface area (Å²) in [5.74, 6) is -0.126. The molecule has 5 heteroatoms. The Morgan fingerprint density at radius 2 is 1.74 bits per heavy atom. The number of aromatic nitrogens is 1. The molecule has 1 fully saturated rings. The molecule has 0 aliphatic heterocycles. The highest BCUT2D eigenvalue weighted by molar-refractivity contribution is 6.06. The Labute approximate surface area is 160 Å². The summed E-state index contributed by atoms with van der Waals surface area (Å²) >= 11 is 0. The van der Waals surface area contributed by atoms with E-state index in [1.54, 1.807) is 6.07 Å². The molecule has 27 heavy (non-hydrogen) atoms. The van der Waals surface area contributed by atoms with Crippen LogP contribution in [0.25, 0.3) is 0 Å². The minimum Gasteiger partial charge on any atom is -0.349 e. The fourth-order valence-electron chi connectivity index (χ4n) is 3.56. The molecule has 1 aromatic heterocycles. The van der Waals surface area contributed by atoms with E-state index in [1.165, 1.54) is 12.4 Å². The van der Waals surface area contributed by atoms with Gasteiger partial charge in [-0.2, -0.15) is 0 Å². The number of amides is 2. The Morgan fingerprint density at radius 1 is 1.07 bits per heavy atom. The molecule has 0 saturated heterocycles. The molecule has 142 valence electrons. The minimum absolute atomic E-state index is 0.164. The van der Waals surface area contributed by atoms with Crippen LogP contribution in [0.2, 0.25) is 0 Å². The molecule has 1 saturated carbocycles. The highest BCUT2D eigenvalue weighted by Crippen LogP contribution is 2.28. The third-order valence-electron chi connectivity index (χ3n) is 5.12. The van der Waals surface area contributed by atoms with Crippen LogP contribution in [-0.4, -0.2) is 22.8 Å². The number of aryl methyl sites for hydroxylation is 1. The molecule has 1 aromatic carbocycles. The summed E-state index contributed by atoms with van der Waals surface area (Å²) in [6.07, 6.45) is 7.35. The number of pyridine rings is 1. The number of para-hydroxylation sites is 1. The van der Waals surface area contributed by atoms with Crippen molar-refractivity contribution < 1.29 is 9.59 Å². The molecule has 2 N–H and O–H groups in total. The summed E-state index contributed by atoms with van der Waals surface area (Å²) in [7, 11) is 0. The molecule has 0 bridgehead atoms. The fraction of sp³-hybridized carbons (Fsp3) is 0.409. The van der Waals surface area contributed by atoms with E-state index in [2.05, 4.69) is 29.5 Å². The van der Waals surface area contributed by atoms with Crippen molar-refractivity contribution in [1.82, 2.24) is 10.3 Å². The van der Waals surface area contributed by atoms with Crippen LogP contribution in [0.15, 0.2) is 36.7 Å². The van der Waals surface area contributed by atoms with E-state index in [1.807, 2.05) is 25.1 Å². The Hall–Kier alpha value is -2.69. The predicted molar refractivity (Wildman–Crippen MR) is 107 cm³/mol. The zero-order valence-corrected chi connectivity index (χ0v) is 16.2. The highest BCUT2D eigenvalue weighted by atomic mass is 16.2. The SMILES string of the molecule is Cc1cccc(C(C)C)c1NC(=O)c1cncc(C(=O)NC2CCCC2)c1. The Morgan fingerprint density at radius 3 is 2.41 bits per heavy atom. The standard InChI is InChI=1S/C22H27N3O2/c1-14(2)19-10-6-7-15(3)20(19)25-22(27)17-11-16(12-23-13-17)21(26)24-18-8-4-5-9-18/h6-7,10-14,18H,4-5,8-9H2,1-3H3,(H,24,26)(H,25,27). The number of benzene rings is 1. The maximum absolute atomic E-state index is 12.8. The van der Waals surface area contributed by atoms with E-state index < -0.39 is 0 Å². The highest BCUT2D eigenvalue weighted by Gasteiger charge is 2.19. The van der Waals surface area contributed by atoms with Crippen molar-refractivity contribution in [3.05, 3.63) is 58.9 Å². The van der Waals surface area contributed by atoms with Gasteiger partial charge in [0.25, 0.3) is 11.8 Å². The molecule has 1 heterocycles. The summed E-state index contributed by atoms with van der Waals surface area (Å²) in [5, 5.41) is 6.04. The van der Waals surface area contributed by atoms with Crippen LogP contribution in [0.1, 0.15) is 77.3 Å². The lowest BCUT2D eigenvalue weighted by Gasteiger charge is -2.16. The third kappa shape index (κ3) is 4.54. The molecular formula is C22H27N3O2. The van der Waals surface area contributed by atoms with Gasteiger partial charge in [-0.3, -0.25) is 14.6 Å². The topological polar surface area (TPSA) is 71.1 Å². The van der Waals surface area contributed by atoms with Crippen LogP contribution in [0.4, 0.5) is 5.69 Å². The average molecular weight is 365 g/mol. The van der Waals surface area contributed by atoms with Gasteiger partial charge in [-0.15, -0.1) is 0 Å². The van der Waals surface area contributed by atoms with Gasteiger partial charge in [-0.1, -0.05) is 44.9 Å². The summed E-state index contributed by atoms with van der Waals surface area (Å²) in [5.41, 5.74) is 3.73. The van der Waals surface area contributed by atoms with Crippen molar-refractivity contribution in [2.75, 3.05) is 5.32 Å². The van der Waals surface area contributed by atoms with Crippen LogP contribution in [0, 0.1) is 6.92 Å². The summed E-state index contributed by atoms with van der Waals surface area (Å²) in [4.78, 5) is 29.3. The molecule has 0 unspecified atom stereocenters. The molecule has 0 atom stereocenters. The van der Waals surface area contributed by atoms with Gasteiger partial charge in [0.2, 0.25) is 0 Å². The molecular weight excluding hydrogens is 338 g/mol. The van der Waals surface area contributed by atoms with Gasteiger partial charge in [0, 0.05) is 24.1 Å². The number of rotatable bonds is 5. The Bertz CT molecular complexity index is 839. The first-order chi connectivity index (χ1) is 13.0. The van der Waals surface area contributed by atoms with Gasteiger partial charge in [0.1, 0.15) is 0 Å². The fourth-order valence-corrected chi connectivity index (χ4v) is 3.56. The Balaban J connectivity index is 1.77. The second-order valence-corrected chi connectivity index (χ2v) is 7.57. The van der Waals surface area contributed by atoms with E-state index in [4.69, 9.17) is 0 Å². The number of carbonyl (C=O) groups excluding carboxylic acids is 2. The third-order valence-corrected chi connectivity index (χ3v) is 5.12. The largest absolute Gasteiger partial charge is 0.349 e. The van der Waals surface area contributed by atoms with E-state index in [0.29, 0.717) is 17.0 Å². The molecule has 5 nitrogen and oxygen atoms in total. The van der Waals surface area contributed by atoms with E-state index in [0.717, 1.165) is 42.5 Å². The van der Waals surface area contributed by atoms with Crippen LogP contribution in [0.5, 0.6) is 0 Å². The van der Waals surface area contributed by atoms with Gasteiger partial charge in [0.05, 0.1) is 11.1 Å². The zero-order valence-electron chi connectivity index (χ0n) is 16.2. The van der Waals surface area contributed by atoms with E-state index >= 15 is 0 Å². The number of hydrogen-bond acceptors (Lipinski definition) is 3. The lowest BCUT2D eigenvalue weighted by atomic mass is 9.98. The van der Waals surface area contributed by atoms with E-state index in [9.17, 15) is 9.59 Å². The average Bonchev–Trinajstić information content (AvgIpc) is 3.16. The normalized spacial score (nSPS) is 14.4. The predicted octanol–water partition coefficient (Wildman–Crippen LogP) is 4.44. The first kappa shape index (κ1) is 19.1. The first-order valence-electron chi connectivity index (χ1n) is 9.62. The molecule has 2 amide bonds.